The van der Waals surface area contributed by atoms with E-state index in [1.807, 2.05) is 24.3 Å². The van der Waals surface area contributed by atoms with Gasteiger partial charge in [-0.25, -0.2) is 0 Å². The van der Waals surface area contributed by atoms with E-state index in [1.54, 1.807) is 0 Å². The van der Waals surface area contributed by atoms with Crippen molar-refractivity contribution in [2.24, 2.45) is 0 Å². The largest absolute Gasteiger partial charge is 0.399 e. The highest BCUT2D eigenvalue weighted by atomic mass is 15.3. The summed E-state index contributed by atoms with van der Waals surface area (Å²) in [6.07, 6.45) is 3.46. The zero-order valence-corrected chi connectivity index (χ0v) is 9.06. The summed E-state index contributed by atoms with van der Waals surface area (Å²) in [7, 11) is 0. The Bertz CT molecular complexity index is 515. The van der Waals surface area contributed by atoms with E-state index in [4.69, 9.17) is 5.73 Å². The molecule has 0 saturated heterocycles. The van der Waals surface area contributed by atoms with Gasteiger partial charge in [0.25, 0.3) is 0 Å². The molecule has 2 heterocycles. The van der Waals surface area contributed by atoms with E-state index in [1.165, 1.54) is 12.8 Å². The highest BCUT2D eigenvalue weighted by molar-refractivity contribution is 5.61. The minimum Gasteiger partial charge on any atom is -0.399 e. The molecule has 1 aliphatic heterocycles. The number of nitrogens with zero attached hydrogens (tertiary/aromatic N) is 3. The van der Waals surface area contributed by atoms with Gasteiger partial charge in [0.2, 0.25) is 0 Å². The van der Waals surface area contributed by atoms with Crippen LogP contribution in [0.15, 0.2) is 24.3 Å². The van der Waals surface area contributed by atoms with Gasteiger partial charge in [-0.1, -0.05) is 12.1 Å². The minimum atomic E-state index is 0.769. The SMILES string of the molecule is Nc1cccc(-c2nnc3n2CCCC3)c1. The fourth-order valence-electron chi connectivity index (χ4n) is 2.20. The van der Waals surface area contributed by atoms with Gasteiger partial charge in [-0.05, 0) is 25.0 Å². The summed E-state index contributed by atoms with van der Waals surface area (Å²) in [6, 6.07) is 7.82. The second kappa shape index (κ2) is 3.63. The molecule has 3 rings (SSSR count). The second-order valence-electron chi connectivity index (χ2n) is 4.17. The first-order chi connectivity index (χ1) is 7.84. The van der Waals surface area contributed by atoms with Crippen LogP contribution in [-0.2, 0) is 13.0 Å². The van der Waals surface area contributed by atoms with E-state index in [2.05, 4.69) is 14.8 Å². The predicted molar refractivity (Wildman–Crippen MR) is 62.8 cm³/mol. The highest BCUT2D eigenvalue weighted by Gasteiger charge is 2.16. The number of aryl methyl sites for hydroxylation is 1. The van der Waals surface area contributed by atoms with E-state index >= 15 is 0 Å². The van der Waals surface area contributed by atoms with Crippen molar-refractivity contribution < 1.29 is 0 Å². The summed E-state index contributed by atoms with van der Waals surface area (Å²) in [5.74, 6) is 2.05. The fraction of sp³-hybridized carbons (Fsp3) is 0.333. The molecule has 0 atom stereocenters. The second-order valence-corrected chi connectivity index (χ2v) is 4.17. The molecule has 0 bridgehead atoms. The molecule has 4 nitrogen and oxygen atoms in total. The molecule has 2 aromatic rings. The molecule has 82 valence electrons. The van der Waals surface area contributed by atoms with Gasteiger partial charge >= 0.3 is 0 Å². The lowest BCUT2D eigenvalue weighted by molar-refractivity contribution is 0.526. The number of nitrogens with two attached hydrogens (primary N) is 1. The fourth-order valence-corrected chi connectivity index (χ4v) is 2.20. The third kappa shape index (κ3) is 1.46. The summed E-state index contributed by atoms with van der Waals surface area (Å²) in [6.45, 7) is 1.02. The van der Waals surface area contributed by atoms with Gasteiger partial charge in [0.05, 0.1) is 0 Å². The van der Waals surface area contributed by atoms with Crippen molar-refractivity contribution in [1.82, 2.24) is 14.8 Å². The quantitative estimate of drug-likeness (QED) is 0.737. The van der Waals surface area contributed by atoms with E-state index < -0.39 is 0 Å². The van der Waals surface area contributed by atoms with E-state index in [0.29, 0.717) is 0 Å². The van der Waals surface area contributed by atoms with Crippen molar-refractivity contribution >= 4 is 5.69 Å². The number of benzene rings is 1. The Kier molecular flexibility index (Phi) is 2.13. The lowest BCUT2D eigenvalue weighted by Crippen LogP contribution is -2.11. The molecule has 4 heteroatoms. The molecular formula is C12H14N4. The third-order valence-electron chi connectivity index (χ3n) is 3.00. The van der Waals surface area contributed by atoms with Gasteiger partial charge < -0.3 is 10.3 Å². The monoisotopic (exact) mass is 214 g/mol. The number of rotatable bonds is 1. The van der Waals surface area contributed by atoms with Crippen LogP contribution in [0.25, 0.3) is 11.4 Å². The first-order valence-corrected chi connectivity index (χ1v) is 5.62. The Morgan fingerprint density at radius 1 is 1.19 bits per heavy atom. The van der Waals surface area contributed by atoms with Crippen LogP contribution in [0.1, 0.15) is 18.7 Å². The number of hydrogen-bond donors (Lipinski definition) is 1. The van der Waals surface area contributed by atoms with Crippen molar-refractivity contribution in [3.63, 3.8) is 0 Å². The van der Waals surface area contributed by atoms with Crippen molar-refractivity contribution in [3.8, 4) is 11.4 Å². The van der Waals surface area contributed by atoms with E-state index in [9.17, 15) is 0 Å². The molecule has 0 unspecified atom stereocenters. The minimum absolute atomic E-state index is 0.769. The Balaban J connectivity index is 2.09. The lowest BCUT2D eigenvalue weighted by atomic mass is 10.1. The standard InChI is InChI=1S/C12H14N4/c13-10-5-3-4-9(8-10)12-15-14-11-6-1-2-7-16(11)12/h3-5,8H,1-2,6-7,13H2. The molecule has 1 aromatic heterocycles. The summed E-state index contributed by atoms with van der Waals surface area (Å²) in [5, 5.41) is 8.50. The number of anilines is 1. The van der Waals surface area contributed by atoms with Crippen LogP contribution in [0.3, 0.4) is 0 Å². The number of aromatic nitrogens is 3. The topological polar surface area (TPSA) is 56.7 Å². The first-order valence-electron chi connectivity index (χ1n) is 5.62. The van der Waals surface area contributed by atoms with Crippen LogP contribution in [0.5, 0.6) is 0 Å². The molecule has 16 heavy (non-hydrogen) atoms. The molecule has 1 aromatic carbocycles. The maximum Gasteiger partial charge on any atom is 0.164 e. The van der Waals surface area contributed by atoms with Gasteiger partial charge in [-0.3, -0.25) is 0 Å². The normalized spacial score (nSPS) is 14.8. The first kappa shape index (κ1) is 9.39. The molecule has 0 radical (unpaired) electrons. The van der Waals surface area contributed by atoms with Gasteiger partial charge in [0.1, 0.15) is 5.82 Å². The van der Waals surface area contributed by atoms with Crippen LogP contribution >= 0.6 is 0 Å². The zero-order valence-electron chi connectivity index (χ0n) is 9.06. The summed E-state index contributed by atoms with van der Waals surface area (Å²) in [4.78, 5) is 0. The molecule has 0 spiro atoms. The molecule has 0 aliphatic carbocycles. The Labute approximate surface area is 94.1 Å². The Morgan fingerprint density at radius 3 is 3.00 bits per heavy atom. The number of fused-ring (bicyclic) bond motifs is 1. The average molecular weight is 214 g/mol. The van der Waals surface area contributed by atoms with Crippen LogP contribution in [0, 0.1) is 0 Å². The third-order valence-corrected chi connectivity index (χ3v) is 3.00. The van der Waals surface area contributed by atoms with Crippen LogP contribution < -0.4 is 5.73 Å². The van der Waals surface area contributed by atoms with Crippen LogP contribution in [0.2, 0.25) is 0 Å². The molecular weight excluding hydrogens is 200 g/mol. The lowest BCUT2D eigenvalue weighted by Gasteiger charge is -2.14. The van der Waals surface area contributed by atoms with Crippen molar-refractivity contribution in [2.45, 2.75) is 25.8 Å². The van der Waals surface area contributed by atoms with E-state index in [-0.39, 0.29) is 0 Å². The molecule has 2 N–H and O–H groups in total. The van der Waals surface area contributed by atoms with Crippen molar-refractivity contribution in [1.29, 1.82) is 0 Å². The van der Waals surface area contributed by atoms with Gasteiger partial charge in [-0.15, -0.1) is 10.2 Å². The Hall–Kier alpha value is -1.84. The molecule has 0 saturated carbocycles. The molecule has 0 fully saturated rings. The average Bonchev–Trinajstić information content (AvgIpc) is 2.72. The molecule has 0 amide bonds. The summed E-state index contributed by atoms with van der Waals surface area (Å²) in [5.41, 5.74) is 7.61. The summed E-state index contributed by atoms with van der Waals surface area (Å²) >= 11 is 0. The number of nitrogen functional groups attached to an aromatic ring is 1. The summed E-state index contributed by atoms with van der Waals surface area (Å²) < 4.78 is 2.21. The van der Waals surface area contributed by atoms with E-state index in [0.717, 1.165) is 35.9 Å². The molecule has 1 aliphatic rings. The van der Waals surface area contributed by atoms with Gasteiger partial charge in [-0.2, -0.15) is 0 Å². The van der Waals surface area contributed by atoms with Gasteiger partial charge in [0, 0.05) is 24.2 Å². The predicted octanol–water partition coefficient (Wildman–Crippen LogP) is 1.86. The van der Waals surface area contributed by atoms with Crippen molar-refractivity contribution in [3.05, 3.63) is 30.1 Å². The van der Waals surface area contributed by atoms with Crippen LogP contribution in [-0.4, -0.2) is 14.8 Å². The smallest absolute Gasteiger partial charge is 0.164 e. The number of hydrogen-bond acceptors (Lipinski definition) is 3. The maximum absolute atomic E-state index is 5.78. The van der Waals surface area contributed by atoms with Crippen molar-refractivity contribution in [2.75, 3.05) is 5.73 Å². The Morgan fingerprint density at radius 2 is 2.12 bits per heavy atom. The van der Waals surface area contributed by atoms with Gasteiger partial charge in [0.15, 0.2) is 5.82 Å². The highest BCUT2D eigenvalue weighted by Crippen LogP contribution is 2.23. The zero-order chi connectivity index (χ0) is 11.0. The van der Waals surface area contributed by atoms with Crippen LogP contribution in [0.4, 0.5) is 5.69 Å². The maximum atomic E-state index is 5.78.